The second-order valence-corrected chi connectivity index (χ2v) is 11.9. The number of anilines is 1. The van der Waals surface area contributed by atoms with E-state index in [0.717, 1.165) is 11.1 Å². The molecule has 0 saturated carbocycles. The summed E-state index contributed by atoms with van der Waals surface area (Å²) in [6, 6.07) is 17.8. The number of nitrogens with two attached hydrogens (primary N) is 1. The molecule has 4 N–H and O–H groups in total. The van der Waals surface area contributed by atoms with E-state index in [1.54, 1.807) is 0 Å². The second kappa shape index (κ2) is 10.9. The van der Waals surface area contributed by atoms with Crippen LogP contribution in [0.5, 0.6) is 11.6 Å². The lowest BCUT2D eigenvalue weighted by Gasteiger charge is -2.47. The van der Waals surface area contributed by atoms with E-state index in [4.69, 9.17) is 19.7 Å². The molecule has 0 radical (unpaired) electrons. The van der Waals surface area contributed by atoms with E-state index in [2.05, 4.69) is 10.1 Å². The summed E-state index contributed by atoms with van der Waals surface area (Å²) < 4.78 is 17.4. The first-order chi connectivity index (χ1) is 21.7. The summed E-state index contributed by atoms with van der Waals surface area (Å²) in [5.41, 5.74) is 6.60. The maximum absolute atomic E-state index is 14.3. The van der Waals surface area contributed by atoms with Crippen LogP contribution in [0.4, 0.5) is 5.82 Å². The van der Waals surface area contributed by atoms with Crippen molar-refractivity contribution in [3.8, 4) is 11.6 Å². The van der Waals surface area contributed by atoms with Crippen molar-refractivity contribution in [2.24, 2.45) is 17.6 Å². The molecule has 2 heterocycles. The number of ketones is 2. The number of fused-ring (bicyclic) bond motifs is 4. The first-order valence-electron chi connectivity index (χ1n) is 14.7. The summed E-state index contributed by atoms with van der Waals surface area (Å²) in [4.78, 5) is 34.8. The van der Waals surface area contributed by atoms with Crippen LogP contribution in [0.25, 0.3) is 0 Å². The predicted molar refractivity (Wildman–Crippen MR) is 162 cm³/mol. The van der Waals surface area contributed by atoms with Gasteiger partial charge >= 0.3 is 0 Å². The van der Waals surface area contributed by atoms with Gasteiger partial charge in [-0.25, -0.2) is 4.98 Å². The molecule has 4 atom stereocenters. The summed E-state index contributed by atoms with van der Waals surface area (Å²) >= 11 is 0. The quantitative estimate of drug-likeness (QED) is 0.277. The fourth-order valence-corrected chi connectivity index (χ4v) is 6.83. The third-order valence-electron chi connectivity index (χ3n) is 9.02. The molecular formula is C34H32N4O7. The average molecular weight is 609 g/mol. The first-order valence-corrected chi connectivity index (χ1v) is 14.7. The van der Waals surface area contributed by atoms with Gasteiger partial charge in [0.1, 0.15) is 36.1 Å². The second-order valence-electron chi connectivity index (χ2n) is 11.9. The van der Waals surface area contributed by atoms with Crippen molar-refractivity contribution in [1.29, 1.82) is 0 Å². The van der Waals surface area contributed by atoms with Gasteiger partial charge in [-0.1, -0.05) is 60.7 Å². The predicted octanol–water partition coefficient (Wildman–Crippen LogP) is 4.11. The van der Waals surface area contributed by atoms with Gasteiger partial charge in [0.05, 0.1) is 17.8 Å². The lowest BCUT2D eigenvalue weighted by atomic mass is 9.59. The van der Waals surface area contributed by atoms with E-state index >= 15 is 0 Å². The Hall–Kier alpha value is -5.00. The molecule has 0 amide bonds. The highest BCUT2D eigenvalue weighted by Gasteiger charge is 2.63. The molecule has 45 heavy (non-hydrogen) atoms. The molecule has 0 spiro atoms. The SMILES string of the molecule is CN(C)c1ncc(OCc2ccccc2)c2c1C[C@H]1C[C@H]3[C@H](N)c4onc(OCc5ccccc5)c4C(=O)[C@@]3(O)C(O)=C1C2=O. The molecule has 11 heteroatoms. The van der Waals surface area contributed by atoms with E-state index in [0.29, 0.717) is 17.8 Å². The number of pyridine rings is 1. The lowest BCUT2D eigenvalue weighted by Crippen LogP contribution is -2.58. The molecule has 0 unspecified atom stereocenters. The molecule has 0 bridgehead atoms. The summed E-state index contributed by atoms with van der Waals surface area (Å²) in [6.07, 6.45) is 1.94. The van der Waals surface area contributed by atoms with Gasteiger partial charge in [0.2, 0.25) is 5.78 Å². The zero-order valence-electron chi connectivity index (χ0n) is 24.8. The van der Waals surface area contributed by atoms with Crippen molar-refractivity contribution in [3.05, 3.63) is 112 Å². The minimum Gasteiger partial charge on any atom is -0.508 e. The molecule has 4 aromatic rings. The highest BCUT2D eigenvalue weighted by atomic mass is 16.5. The third-order valence-corrected chi connectivity index (χ3v) is 9.02. The standard InChI is InChI=1S/C34H32N4O7/c1-38(2)32-21-13-20-14-22-27(35)29-26(33(37-45-29)44-17-19-11-7-4-8-12-19)31(41)34(22,42)30(40)24(20)28(39)25(21)23(15-36-32)43-16-18-9-5-3-6-10-18/h3-12,15,20,22,27,40,42H,13-14,16-17,35H2,1-2H3/t20-,22-,27-,34-/m0/s1. The van der Waals surface area contributed by atoms with E-state index in [1.165, 1.54) is 6.20 Å². The number of benzene rings is 2. The molecule has 2 aromatic heterocycles. The summed E-state index contributed by atoms with van der Waals surface area (Å²) in [6.45, 7) is 0.280. The number of hydrogen-bond acceptors (Lipinski definition) is 11. The Morgan fingerprint density at radius 3 is 2.29 bits per heavy atom. The number of carbonyl (C=O) groups excluding carboxylic acids is 2. The normalized spacial score (nSPS) is 23.5. The molecule has 230 valence electrons. The number of allylic oxidation sites excluding steroid dienone is 1. The van der Waals surface area contributed by atoms with Crippen LogP contribution in [0, 0.1) is 11.8 Å². The molecule has 0 fully saturated rings. The topological polar surface area (TPSA) is 161 Å². The number of aliphatic hydroxyl groups excluding tert-OH is 1. The van der Waals surface area contributed by atoms with Crippen LogP contribution in [-0.2, 0) is 19.6 Å². The molecule has 3 aliphatic carbocycles. The minimum absolute atomic E-state index is 0.0334. The van der Waals surface area contributed by atoms with Crippen LogP contribution < -0.4 is 20.1 Å². The van der Waals surface area contributed by atoms with Gasteiger partial charge < -0.3 is 34.8 Å². The van der Waals surface area contributed by atoms with Crippen LogP contribution in [-0.4, -0.2) is 51.6 Å². The highest BCUT2D eigenvalue weighted by Crippen LogP contribution is 2.55. The summed E-state index contributed by atoms with van der Waals surface area (Å²) in [5, 5.41) is 27.8. The average Bonchev–Trinajstić information content (AvgIpc) is 3.48. The number of ether oxygens (including phenoxy) is 2. The number of aromatic nitrogens is 2. The summed E-state index contributed by atoms with van der Waals surface area (Å²) in [7, 11) is 3.66. The summed E-state index contributed by atoms with van der Waals surface area (Å²) in [5.74, 6) is -2.87. The Labute approximate surface area is 258 Å². The van der Waals surface area contributed by atoms with Gasteiger partial charge in [0, 0.05) is 31.1 Å². The Bertz CT molecular complexity index is 1840. The zero-order valence-corrected chi connectivity index (χ0v) is 24.8. The van der Waals surface area contributed by atoms with E-state index < -0.39 is 40.8 Å². The molecule has 0 saturated heterocycles. The van der Waals surface area contributed by atoms with Crippen LogP contribution in [0.1, 0.15) is 55.6 Å². The molecule has 7 rings (SSSR count). The van der Waals surface area contributed by atoms with Crippen LogP contribution in [0.15, 0.2) is 82.7 Å². The fourth-order valence-electron chi connectivity index (χ4n) is 6.83. The van der Waals surface area contributed by atoms with E-state index in [9.17, 15) is 19.8 Å². The third kappa shape index (κ3) is 4.49. The van der Waals surface area contributed by atoms with Crippen molar-refractivity contribution in [1.82, 2.24) is 10.1 Å². The van der Waals surface area contributed by atoms with Gasteiger partial charge in [-0.2, -0.15) is 0 Å². The van der Waals surface area contributed by atoms with Crippen molar-refractivity contribution in [2.75, 3.05) is 19.0 Å². The van der Waals surface area contributed by atoms with E-state index in [1.807, 2.05) is 79.7 Å². The number of rotatable bonds is 7. The van der Waals surface area contributed by atoms with Gasteiger partial charge in [-0.3, -0.25) is 9.59 Å². The molecule has 2 aromatic carbocycles. The van der Waals surface area contributed by atoms with E-state index in [-0.39, 0.29) is 53.7 Å². The van der Waals surface area contributed by atoms with Crippen molar-refractivity contribution in [3.63, 3.8) is 0 Å². The maximum atomic E-state index is 14.3. The smallest absolute Gasteiger partial charge is 0.265 e. The molecule has 0 aliphatic heterocycles. The Morgan fingerprint density at radius 2 is 1.64 bits per heavy atom. The Morgan fingerprint density at radius 1 is 1.00 bits per heavy atom. The van der Waals surface area contributed by atoms with Gasteiger partial charge in [-0.05, 0) is 35.0 Å². The monoisotopic (exact) mass is 608 g/mol. The Kier molecular flexibility index (Phi) is 6.94. The maximum Gasteiger partial charge on any atom is 0.265 e. The van der Waals surface area contributed by atoms with Crippen LogP contribution >= 0.6 is 0 Å². The number of Topliss-reactive ketones (excluding diaryl/α,β-unsaturated/α-hetero) is 2. The van der Waals surface area contributed by atoms with Crippen molar-refractivity contribution < 1.29 is 33.8 Å². The number of hydrogen-bond donors (Lipinski definition) is 3. The first kappa shape index (κ1) is 28.8. The van der Waals surface area contributed by atoms with Crippen molar-refractivity contribution >= 4 is 17.4 Å². The van der Waals surface area contributed by atoms with Gasteiger partial charge in [-0.15, -0.1) is 0 Å². The molecule has 3 aliphatic rings. The Balaban J connectivity index is 1.28. The fraction of sp³-hybridized carbons (Fsp3) is 0.294. The van der Waals surface area contributed by atoms with Gasteiger partial charge in [0.15, 0.2) is 17.1 Å². The number of aliphatic hydroxyl groups is 2. The number of nitrogens with zero attached hydrogens (tertiary/aromatic N) is 3. The molecule has 11 nitrogen and oxygen atoms in total. The largest absolute Gasteiger partial charge is 0.508 e. The highest BCUT2D eigenvalue weighted by molar-refractivity contribution is 6.16. The van der Waals surface area contributed by atoms with Gasteiger partial charge in [0.25, 0.3) is 5.88 Å². The van der Waals surface area contributed by atoms with Crippen LogP contribution in [0.2, 0.25) is 0 Å². The number of carbonyl (C=O) groups is 2. The molecular weight excluding hydrogens is 576 g/mol. The van der Waals surface area contributed by atoms with Crippen LogP contribution in [0.3, 0.4) is 0 Å². The minimum atomic E-state index is -2.48. The lowest BCUT2D eigenvalue weighted by molar-refractivity contribution is -0.0356. The zero-order chi connectivity index (χ0) is 31.5. The van der Waals surface area contributed by atoms with Crippen molar-refractivity contribution in [2.45, 2.75) is 37.7 Å².